The number of methoxy groups -OCH3 is 1. The Morgan fingerprint density at radius 1 is 1.50 bits per heavy atom. The summed E-state index contributed by atoms with van der Waals surface area (Å²) in [7, 11) is 1.62. The average Bonchev–Trinajstić information content (AvgIpc) is 2.18. The lowest BCUT2D eigenvalue weighted by atomic mass is 10.3. The van der Waals surface area contributed by atoms with Crippen LogP contribution in [0.4, 0.5) is 0 Å². The predicted octanol–water partition coefficient (Wildman–Crippen LogP) is 0.988. The van der Waals surface area contributed by atoms with E-state index in [1.165, 1.54) is 0 Å². The summed E-state index contributed by atoms with van der Waals surface area (Å²) < 4.78 is 10.4. The Balaban J connectivity index is 2.57. The normalized spacial score (nSPS) is 12.5. The monoisotopic (exact) mass is 197 g/mol. The van der Waals surface area contributed by atoms with Crippen LogP contribution in [-0.2, 0) is 11.3 Å². The van der Waals surface area contributed by atoms with Crippen LogP contribution >= 0.6 is 0 Å². The quantitative estimate of drug-likeness (QED) is 0.764. The minimum Gasteiger partial charge on any atom is -0.472 e. The van der Waals surface area contributed by atoms with Crippen molar-refractivity contribution in [2.45, 2.75) is 19.6 Å². The fraction of sp³-hybridized carbons (Fsp3) is 0.500. The first-order valence-corrected chi connectivity index (χ1v) is 4.48. The van der Waals surface area contributed by atoms with Crippen LogP contribution < -0.4 is 4.74 Å². The highest BCUT2D eigenvalue weighted by Crippen LogP contribution is 2.09. The zero-order valence-corrected chi connectivity index (χ0v) is 8.43. The highest BCUT2D eigenvalue weighted by atomic mass is 16.5. The fourth-order valence-electron chi connectivity index (χ4n) is 1.09. The number of hydrogen-bond donors (Lipinski definition) is 1. The molecule has 1 aromatic rings. The van der Waals surface area contributed by atoms with Gasteiger partial charge in [-0.25, -0.2) is 4.98 Å². The summed E-state index contributed by atoms with van der Waals surface area (Å²) >= 11 is 0. The maximum atomic E-state index is 8.86. The second-order valence-corrected chi connectivity index (χ2v) is 3.01. The second kappa shape index (κ2) is 5.57. The molecular formula is C10H15NO3. The molecule has 0 amide bonds. The van der Waals surface area contributed by atoms with E-state index in [0.29, 0.717) is 18.2 Å². The lowest BCUT2D eigenvalue weighted by molar-refractivity contribution is 0.0886. The molecule has 4 nitrogen and oxygen atoms in total. The van der Waals surface area contributed by atoms with E-state index in [0.717, 1.165) is 0 Å². The van der Waals surface area contributed by atoms with Crippen LogP contribution in [0.25, 0.3) is 0 Å². The van der Waals surface area contributed by atoms with Crippen LogP contribution in [0, 0.1) is 0 Å². The topological polar surface area (TPSA) is 51.6 Å². The lowest BCUT2D eigenvalue weighted by Gasteiger charge is -2.12. The summed E-state index contributed by atoms with van der Waals surface area (Å²) in [4.78, 5) is 4.09. The molecule has 1 heterocycles. The molecule has 1 aromatic heterocycles. The van der Waals surface area contributed by atoms with Gasteiger partial charge in [-0.2, -0.15) is 0 Å². The molecule has 4 heteroatoms. The smallest absolute Gasteiger partial charge is 0.213 e. The van der Waals surface area contributed by atoms with Gasteiger partial charge < -0.3 is 14.6 Å². The van der Waals surface area contributed by atoms with Gasteiger partial charge in [-0.1, -0.05) is 6.07 Å². The van der Waals surface area contributed by atoms with Crippen molar-refractivity contribution in [3.8, 4) is 5.88 Å². The largest absolute Gasteiger partial charge is 0.472 e. The Hall–Kier alpha value is -1.13. The third-order valence-corrected chi connectivity index (χ3v) is 1.67. The van der Waals surface area contributed by atoms with Gasteiger partial charge in [0.15, 0.2) is 0 Å². The maximum Gasteiger partial charge on any atom is 0.213 e. The highest BCUT2D eigenvalue weighted by Gasteiger charge is 2.04. The average molecular weight is 197 g/mol. The summed E-state index contributed by atoms with van der Waals surface area (Å²) in [6.45, 7) is 2.34. The number of rotatable bonds is 5. The van der Waals surface area contributed by atoms with Crippen LogP contribution in [0.2, 0.25) is 0 Å². The molecule has 1 N–H and O–H groups in total. The van der Waals surface area contributed by atoms with E-state index >= 15 is 0 Å². The van der Waals surface area contributed by atoms with Gasteiger partial charge in [-0.3, -0.25) is 0 Å². The van der Waals surface area contributed by atoms with Crippen molar-refractivity contribution in [1.29, 1.82) is 0 Å². The Morgan fingerprint density at radius 2 is 2.29 bits per heavy atom. The first-order valence-electron chi connectivity index (χ1n) is 4.48. The number of aliphatic hydroxyl groups is 1. The third-order valence-electron chi connectivity index (χ3n) is 1.67. The number of hydrogen-bond acceptors (Lipinski definition) is 4. The van der Waals surface area contributed by atoms with Gasteiger partial charge in [0.2, 0.25) is 5.88 Å². The van der Waals surface area contributed by atoms with Gasteiger partial charge in [0.1, 0.15) is 6.10 Å². The van der Waals surface area contributed by atoms with Crippen LogP contribution in [0.15, 0.2) is 18.2 Å². The van der Waals surface area contributed by atoms with Crippen molar-refractivity contribution in [3.63, 3.8) is 0 Å². The lowest BCUT2D eigenvalue weighted by Crippen LogP contribution is -2.18. The number of aliphatic hydroxyl groups excluding tert-OH is 1. The van der Waals surface area contributed by atoms with Crippen molar-refractivity contribution in [3.05, 3.63) is 23.9 Å². The van der Waals surface area contributed by atoms with Crippen LogP contribution in [0.1, 0.15) is 12.6 Å². The number of ether oxygens (including phenoxy) is 2. The van der Waals surface area contributed by atoms with Gasteiger partial charge in [0.25, 0.3) is 0 Å². The second-order valence-electron chi connectivity index (χ2n) is 3.01. The highest BCUT2D eigenvalue weighted by molar-refractivity contribution is 5.15. The van der Waals surface area contributed by atoms with Crippen LogP contribution in [-0.4, -0.2) is 29.9 Å². The molecule has 0 fully saturated rings. The molecular weight excluding hydrogens is 182 g/mol. The van der Waals surface area contributed by atoms with Gasteiger partial charge in [0, 0.05) is 13.2 Å². The third kappa shape index (κ3) is 3.32. The minimum absolute atomic E-state index is 0.0403. The first-order chi connectivity index (χ1) is 6.76. The Morgan fingerprint density at radius 3 is 2.93 bits per heavy atom. The van der Waals surface area contributed by atoms with Crippen LogP contribution in [0.5, 0.6) is 5.88 Å². The van der Waals surface area contributed by atoms with Crippen molar-refractivity contribution in [2.75, 3.05) is 13.7 Å². The van der Waals surface area contributed by atoms with E-state index in [1.807, 2.05) is 6.92 Å². The van der Waals surface area contributed by atoms with Crippen molar-refractivity contribution < 1.29 is 14.6 Å². The molecule has 0 saturated heterocycles. The van der Waals surface area contributed by atoms with E-state index < -0.39 is 0 Å². The van der Waals surface area contributed by atoms with Gasteiger partial charge >= 0.3 is 0 Å². The summed E-state index contributed by atoms with van der Waals surface area (Å²) in [6, 6.07) is 5.30. The van der Waals surface area contributed by atoms with Crippen molar-refractivity contribution >= 4 is 0 Å². The summed E-state index contributed by atoms with van der Waals surface area (Å²) in [5.41, 5.74) is 0.604. The standard InChI is InChI=1S/C10H15NO3/c1-8(7-13-2)14-10-5-3-4-9(6-12)11-10/h3-5,8,12H,6-7H2,1-2H3. The molecule has 0 aromatic carbocycles. The maximum absolute atomic E-state index is 8.86. The fourth-order valence-corrected chi connectivity index (χ4v) is 1.09. The summed E-state index contributed by atoms with van der Waals surface area (Å²) in [6.07, 6.45) is -0.0403. The van der Waals surface area contributed by atoms with E-state index in [-0.39, 0.29) is 12.7 Å². The molecule has 78 valence electrons. The Bertz CT molecular complexity index is 278. The zero-order chi connectivity index (χ0) is 10.4. The number of aromatic nitrogens is 1. The molecule has 0 aliphatic heterocycles. The molecule has 0 radical (unpaired) electrons. The van der Waals surface area contributed by atoms with Crippen molar-refractivity contribution in [2.24, 2.45) is 0 Å². The Kier molecular flexibility index (Phi) is 4.35. The molecule has 0 aliphatic rings. The Labute approximate surface area is 83.5 Å². The molecule has 0 saturated carbocycles. The first kappa shape index (κ1) is 10.9. The molecule has 0 bridgehead atoms. The number of nitrogens with zero attached hydrogens (tertiary/aromatic N) is 1. The molecule has 0 spiro atoms. The zero-order valence-electron chi connectivity index (χ0n) is 8.43. The molecule has 14 heavy (non-hydrogen) atoms. The molecule has 1 atom stereocenters. The van der Waals surface area contributed by atoms with E-state index in [2.05, 4.69) is 4.98 Å². The van der Waals surface area contributed by atoms with E-state index in [1.54, 1.807) is 25.3 Å². The minimum atomic E-state index is -0.0736. The molecule has 1 unspecified atom stereocenters. The molecule has 1 rings (SSSR count). The predicted molar refractivity (Wildman–Crippen MR) is 52.1 cm³/mol. The van der Waals surface area contributed by atoms with Gasteiger partial charge in [-0.15, -0.1) is 0 Å². The van der Waals surface area contributed by atoms with Crippen LogP contribution in [0.3, 0.4) is 0 Å². The SMILES string of the molecule is COCC(C)Oc1cccc(CO)n1. The summed E-state index contributed by atoms with van der Waals surface area (Å²) in [5, 5.41) is 8.86. The van der Waals surface area contributed by atoms with Gasteiger partial charge in [-0.05, 0) is 13.0 Å². The van der Waals surface area contributed by atoms with Gasteiger partial charge in [0.05, 0.1) is 18.9 Å². The van der Waals surface area contributed by atoms with E-state index in [9.17, 15) is 0 Å². The molecule has 0 aliphatic carbocycles. The van der Waals surface area contributed by atoms with E-state index in [4.69, 9.17) is 14.6 Å². The van der Waals surface area contributed by atoms with Crippen molar-refractivity contribution in [1.82, 2.24) is 4.98 Å². The summed E-state index contributed by atoms with van der Waals surface area (Å²) in [5.74, 6) is 0.515. The number of pyridine rings is 1.